The fraction of sp³-hybridized carbons (Fsp3) is 1.00. The Bertz CT molecular complexity index is 308. The van der Waals surface area contributed by atoms with Crippen molar-refractivity contribution in [1.29, 1.82) is 0 Å². The lowest BCUT2D eigenvalue weighted by Crippen LogP contribution is -2.51. The van der Waals surface area contributed by atoms with Crippen molar-refractivity contribution < 1.29 is 9.84 Å². The van der Waals surface area contributed by atoms with E-state index in [1.807, 2.05) is 6.92 Å². The fourth-order valence-corrected chi connectivity index (χ4v) is 4.37. The largest absolute Gasteiger partial charge is 0.390 e. The Morgan fingerprint density at radius 2 is 1.73 bits per heavy atom. The average Bonchev–Trinajstić information content (AvgIpc) is 2.72. The molecule has 0 aromatic rings. The van der Waals surface area contributed by atoms with E-state index in [4.69, 9.17) is 4.74 Å². The summed E-state index contributed by atoms with van der Waals surface area (Å²) in [6.45, 7) is 6.65. The molecule has 3 fully saturated rings. The van der Waals surface area contributed by atoms with Crippen LogP contribution in [0.3, 0.4) is 0 Å². The summed E-state index contributed by atoms with van der Waals surface area (Å²) in [6.07, 6.45) is 6.49. The summed E-state index contributed by atoms with van der Waals surface area (Å²) in [5.41, 5.74) is -0.0356. The maximum atomic E-state index is 10.2. The van der Waals surface area contributed by atoms with E-state index in [0.717, 1.165) is 25.7 Å². The minimum atomic E-state index is -0.493. The van der Waals surface area contributed by atoms with Crippen LogP contribution in [0, 0.1) is 5.41 Å². The van der Waals surface area contributed by atoms with E-state index in [9.17, 15) is 5.11 Å². The van der Waals surface area contributed by atoms with Crippen LogP contribution in [0.25, 0.3) is 0 Å². The minimum absolute atomic E-state index is 0.0382. The quantitative estimate of drug-likeness (QED) is 0.623. The van der Waals surface area contributed by atoms with Gasteiger partial charge in [-0.3, -0.25) is 0 Å². The first-order valence-corrected chi connectivity index (χ1v) is 6.25. The number of ether oxygens (including phenoxy) is 1. The van der Waals surface area contributed by atoms with Gasteiger partial charge in [0.15, 0.2) is 0 Å². The van der Waals surface area contributed by atoms with Crippen molar-refractivity contribution in [1.82, 2.24) is 0 Å². The van der Waals surface area contributed by atoms with E-state index < -0.39 is 5.60 Å². The average molecular weight is 210 g/mol. The third-order valence-electron chi connectivity index (χ3n) is 5.22. The summed E-state index contributed by atoms with van der Waals surface area (Å²) in [5.74, 6) is 0. The highest BCUT2D eigenvalue weighted by atomic mass is 16.6. The monoisotopic (exact) mass is 210 g/mol. The number of aliphatic hydroxyl groups is 1. The van der Waals surface area contributed by atoms with Crippen LogP contribution in [0.1, 0.15) is 59.3 Å². The first-order chi connectivity index (χ1) is 6.83. The Balaban J connectivity index is 1.95. The zero-order chi connectivity index (χ0) is 10.9. The van der Waals surface area contributed by atoms with Crippen LogP contribution < -0.4 is 0 Å². The third-order valence-corrected chi connectivity index (χ3v) is 5.22. The molecule has 1 aliphatic heterocycles. The van der Waals surface area contributed by atoms with Gasteiger partial charge >= 0.3 is 0 Å². The summed E-state index contributed by atoms with van der Waals surface area (Å²) in [5, 5.41) is 10.2. The zero-order valence-corrected chi connectivity index (χ0v) is 10.1. The van der Waals surface area contributed by atoms with Crippen LogP contribution >= 0.6 is 0 Å². The summed E-state index contributed by atoms with van der Waals surface area (Å²) in [7, 11) is 0. The van der Waals surface area contributed by atoms with Gasteiger partial charge in [0.25, 0.3) is 0 Å². The van der Waals surface area contributed by atoms with Crippen LogP contribution in [0.15, 0.2) is 0 Å². The highest BCUT2D eigenvalue weighted by Gasteiger charge is 2.78. The predicted molar refractivity (Wildman–Crippen MR) is 58.7 cm³/mol. The van der Waals surface area contributed by atoms with Gasteiger partial charge in [-0.2, -0.15) is 0 Å². The lowest BCUT2D eigenvalue weighted by molar-refractivity contribution is -0.0176. The van der Waals surface area contributed by atoms with Crippen molar-refractivity contribution in [3.8, 4) is 0 Å². The minimum Gasteiger partial charge on any atom is -0.390 e. The third kappa shape index (κ3) is 1.07. The Kier molecular flexibility index (Phi) is 1.64. The molecule has 0 aromatic heterocycles. The molecule has 3 unspecified atom stereocenters. The van der Waals surface area contributed by atoms with Gasteiger partial charge in [-0.05, 0) is 44.4 Å². The molecule has 3 rings (SSSR count). The van der Waals surface area contributed by atoms with Crippen molar-refractivity contribution in [2.24, 2.45) is 5.41 Å². The Hall–Kier alpha value is -0.0800. The maximum Gasteiger partial charge on any atom is 0.103 e. The second-order valence-corrected chi connectivity index (χ2v) is 6.83. The maximum absolute atomic E-state index is 10.2. The van der Waals surface area contributed by atoms with Crippen molar-refractivity contribution in [2.45, 2.75) is 76.1 Å². The van der Waals surface area contributed by atoms with E-state index in [2.05, 4.69) is 13.8 Å². The van der Waals surface area contributed by atoms with Crippen LogP contribution in [-0.2, 0) is 4.74 Å². The Labute approximate surface area is 92.0 Å². The molecule has 2 nitrogen and oxygen atoms in total. The molecule has 2 heteroatoms. The van der Waals surface area contributed by atoms with Gasteiger partial charge in [0, 0.05) is 6.42 Å². The second kappa shape index (κ2) is 2.43. The van der Waals surface area contributed by atoms with Gasteiger partial charge in [-0.1, -0.05) is 13.8 Å². The van der Waals surface area contributed by atoms with Crippen molar-refractivity contribution in [2.75, 3.05) is 0 Å². The standard InChI is InChI=1S/C13H22O2/c1-10(2)5-4-6-12-9-11(3,14)7-8-13(10,12)15-12/h14H,4-9H2,1-3H3. The van der Waals surface area contributed by atoms with Crippen LogP contribution in [-0.4, -0.2) is 21.9 Å². The molecular formula is C13H22O2. The van der Waals surface area contributed by atoms with E-state index in [1.54, 1.807) is 0 Å². The first-order valence-electron chi connectivity index (χ1n) is 6.25. The zero-order valence-electron chi connectivity index (χ0n) is 10.1. The predicted octanol–water partition coefficient (Wildman–Crippen LogP) is 2.64. The lowest BCUT2D eigenvalue weighted by atomic mass is 9.56. The molecule has 3 atom stereocenters. The normalized spacial score (nSPS) is 56.8. The highest BCUT2D eigenvalue weighted by molar-refractivity contribution is 5.27. The summed E-state index contributed by atoms with van der Waals surface area (Å²) in [4.78, 5) is 0. The Morgan fingerprint density at radius 3 is 2.47 bits per heavy atom. The lowest BCUT2D eigenvalue weighted by Gasteiger charge is -2.45. The summed E-state index contributed by atoms with van der Waals surface area (Å²) in [6, 6.07) is 0. The molecule has 3 aliphatic rings. The number of hydrogen-bond acceptors (Lipinski definition) is 2. The van der Waals surface area contributed by atoms with Gasteiger partial charge in [0.2, 0.25) is 0 Å². The number of epoxide rings is 1. The van der Waals surface area contributed by atoms with Gasteiger partial charge in [-0.15, -0.1) is 0 Å². The van der Waals surface area contributed by atoms with E-state index in [0.29, 0.717) is 5.41 Å². The molecule has 2 aliphatic carbocycles. The fourth-order valence-electron chi connectivity index (χ4n) is 4.37. The molecule has 1 heterocycles. The summed E-state index contributed by atoms with van der Waals surface area (Å²) >= 11 is 0. The molecule has 2 saturated carbocycles. The first kappa shape index (κ1) is 10.1. The molecule has 0 spiro atoms. The highest BCUT2D eigenvalue weighted by Crippen LogP contribution is 2.72. The molecular weight excluding hydrogens is 188 g/mol. The van der Waals surface area contributed by atoms with Crippen molar-refractivity contribution >= 4 is 0 Å². The molecule has 1 saturated heterocycles. The molecule has 1 N–H and O–H groups in total. The summed E-state index contributed by atoms with van der Waals surface area (Å²) < 4.78 is 6.20. The van der Waals surface area contributed by atoms with E-state index in [1.165, 1.54) is 12.8 Å². The SMILES string of the molecule is CC1(O)CCC23OC2(CCCC3(C)C)C1. The smallest absolute Gasteiger partial charge is 0.103 e. The molecule has 86 valence electrons. The van der Waals surface area contributed by atoms with Crippen LogP contribution in [0.4, 0.5) is 0 Å². The number of hydrogen-bond donors (Lipinski definition) is 1. The van der Waals surface area contributed by atoms with Gasteiger partial charge in [0.1, 0.15) is 11.2 Å². The molecule has 15 heavy (non-hydrogen) atoms. The van der Waals surface area contributed by atoms with E-state index in [-0.39, 0.29) is 11.2 Å². The molecule has 0 radical (unpaired) electrons. The molecule has 0 bridgehead atoms. The number of rotatable bonds is 0. The van der Waals surface area contributed by atoms with Crippen molar-refractivity contribution in [3.05, 3.63) is 0 Å². The van der Waals surface area contributed by atoms with Crippen LogP contribution in [0.2, 0.25) is 0 Å². The molecule has 0 amide bonds. The van der Waals surface area contributed by atoms with Gasteiger partial charge in [-0.25, -0.2) is 0 Å². The van der Waals surface area contributed by atoms with E-state index >= 15 is 0 Å². The van der Waals surface area contributed by atoms with Crippen molar-refractivity contribution in [3.63, 3.8) is 0 Å². The Morgan fingerprint density at radius 1 is 1.00 bits per heavy atom. The van der Waals surface area contributed by atoms with Crippen LogP contribution in [0.5, 0.6) is 0 Å². The second-order valence-electron chi connectivity index (χ2n) is 6.83. The molecule has 0 aromatic carbocycles. The topological polar surface area (TPSA) is 32.8 Å². The van der Waals surface area contributed by atoms with Gasteiger partial charge in [0.05, 0.1) is 5.60 Å². The van der Waals surface area contributed by atoms with Gasteiger partial charge < -0.3 is 9.84 Å².